The standard InChI is InChI=1S/C19H18N4O5S/c24-17(20-21-19(26)13-4-3-5-14(12-13)23(27)28)8-9-18(25)22-10-11-29-16-7-2-1-6-15(16)22/h1-7,12H,8-11H2,(H,20,24)(H,21,26). The second-order valence-corrected chi connectivity index (χ2v) is 7.31. The van der Waals surface area contributed by atoms with E-state index in [1.165, 1.54) is 18.2 Å². The molecule has 0 atom stereocenters. The number of hydrogen-bond acceptors (Lipinski definition) is 6. The quantitative estimate of drug-likeness (QED) is 0.572. The summed E-state index contributed by atoms with van der Waals surface area (Å²) in [5.74, 6) is -0.598. The maximum atomic E-state index is 12.5. The van der Waals surface area contributed by atoms with Crippen molar-refractivity contribution in [3.63, 3.8) is 0 Å². The van der Waals surface area contributed by atoms with Crippen molar-refractivity contribution < 1.29 is 19.3 Å². The summed E-state index contributed by atoms with van der Waals surface area (Å²) >= 11 is 1.68. The van der Waals surface area contributed by atoms with Gasteiger partial charge in [0.15, 0.2) is 0 Å². The summed E-state index contributed by atoms with van der Waals surface area (Å²) in [5, 5.41) is 10.8. The minimum atomic E-state index is -0.685. The molecule has 2 aromatic rings. The summed E-state index contributed by atoms with van der Waals surface area (Å²) < 4.78 is 0. The van der Waals surface area contributed by atoms with Crippen LogP contribution in [0.3, 0.4) is 0 Å². The lowest BCUT2D eigenvalue weighted by Gasteiger charge is -2.29. The van der Waals surface area contributed by atoms with Crippen LogP contribution in [0.5, 0.6) is 0 Å². The van der Waals surface area contributed by atoms with Crippen LogP contribution in [-0.4, -0.2) is 34.9 Å². The number of hydrazine groups is 1. The Bertz CT molecular complexity index is 965. The van der Waals surface area contributed by atoms with E-state index in [0.717, 1.165) is 22.4 Å². The van der Waals surface area contributed by atoms with Gasteiger partial charge in [0.1, 0.15) is 0 Å². The van der Waals surface area contributed by atoms with Crippen molar-refractivity contribution in [2.24, 2.45) is 0 Å². The zero-order chi connectivity index (χ0) is 20.8. The van der Waals surface area contributed by atoms with E-state index >= 15 is 0 Å². The number of nitro benzene ring substituents is 1. The van der Waals surface area contributed by atoms with Crippen molar-refractivity contribution in [3.05, 3.63) is 64.2 Å². The van der Waals surface area contributed by atoms with Gasteiger partial charge in [-0.3, -0.25) is 35.3 Å². The number of non-ortho nitro benzene ring substituents is 1. The molecule has 1 aliphatic rings. The summed E-state index contributed by atoms with van der Waals surface area (Å²) in [4.78, 5) is 49.4. The number of hydrogen-bond donors (Lipinski definition) is 2. The second kappa shape index (κ2) is 9.20. The van der Waals surface area contributed by atoms with E-state index in [0.29, 0.717) is 6.54 Å². The number of fused-ring (bicyclic) bond motifs is 1. The normalized spacial score (nSPS) is 12.6. The molecule has 0 saturated carbocycles. The summed E-state index contributed by atoms with van der Waals surface area (Å²) in [7, 11) is 0. The minimum absolute atomic E-state index is 0.00247. The van der Waals surface area contributed by atoms with Crippen molar-refractivity contribution in [2.75, 3.05) is 17.2 Å². The molecule has 1 heterocycles. The predicted molar refractivity (Wildman–Crippen MR) is 107 cm³/mol. The fraction of sp³-hybridized carbons (Fsp3) is 0.211. The molecule has 3 rings (SSSR count). The Kier molecular flexibility index (Phi) is 6.45. The number of nitrogens with one attached hydrogen (secondary N) is 2. The number of nitrogens with zero attached hydrogens (tertiary/aromatic N) is 2. The molecular weight excluding hydrogens is 396 g/mol. The third-order valence-electron chi connectivity index (χ3n) is 4.23. The topological polar surface area (TPSA) is 122 Å². The van der Waals surface area contributed by atoms with E-state index in [1.54, 1.807) is 16.7 Å². The van der Waals surface area contributed by atoms with Gasteiger partial charge in [-0.05, 0) is 18.2 Å². The number of benzene rings is 2. The van der Waals surface area contributed by atoms with Crippen LogP contribution in [0.4, 0.5) is 11.4 Å². The van der Waals surface area contributed by atoms with Crippen molar-refractivity contribution in [2.45, 2.75) is 17.7 Å². The molecular formula is C19H18N4O5S. The number of anilines is 1. The lowest BCUT2D eigenvalue weighted by molar-refractivity contribution is -0.384. The third-order valence-corrected chi connectivity index (χ3v) is 5.27. The van der Waals surface area contributed by atoms with Crippen LogP contribution in [0.1, 0.15) is 23.2 Å². The average molecular weight is 414 g/mol. The minimum Gasteiger partial charge on any atom is -0.310 e. The first kappa shape index (κ1) is 20.3. The Labute approximate surface area is 170 Å². The monoisotopic (exact) mass is 414 g/mol. The maximum Gasteiger partial charge on any atom is 0.270 e. The van der Waals surface area contributed by atoms with Gasteiger partial charge in [0.2, 0.25) is 11.8 Å². The second-order valence-electron chi connectivity index (χ2n) is 6.17. The van der Waals surface area contributed by atoms with Crippen molar-refractivity contribution in [1.82, 2.24) is 10.9 Å². The van der Waals surface area contributed by atoms with Gasteiger partial charge in [0.05, 0.1) is 10.6 Å². The van der Waals surface area contributed by atoms with E-state index in [9.17, 15) is 24.5 Å². The molecule has 29 heavy (non-hydrogen) atoms. The fourth-order valence-electron chi connectivity index (χ4n) is 2.81. The molecule has 2 aromatic carbocycles. The van der Waals surface area contributed by atoms with Crippen LogP contribution < -0.4 is 15.8 Å². The van der Waals surface area contributed by atoms with E-state index < -0.39 is 16.7 Å². The zero-order valence-electron chi connectivity index (χ0n) is 15.3. The van der Waals surface area contributed by atoms with Gasteiger partial charge in [-0.25, -0.2) is 0 Å². The van der Waals surface area contributed by atoms with Gasteiger partial charge in [-0.1, -0.05) is 18.2 Å². The lowest BCUT2D eigenvalue weighted by Crippen LogP contribution is -2.42. The molecule has 0 spiro atoms. The molecule has 3 amide bonds. The zero-order valence-corrected chi connectivity index (χ0v) is 16.1. The Hall–Kier alpha value is -3.40. The summed E-state index contributed by atoms with van der Waals surface area (Å²) in [6.45, 7) is 0.575. The number of para-hydroxylation sites is 1. The molecule has 0 unspecified atom stereocenters. The van der Waals surface area contributed by atoms with Crippen molar-refractivity contribution >= 4 is 40.9 Å². The maximum absolute atomic E-state index is 12.5. The predicted octanol–water partition coefficient (Wildman–Crippen LogP) is 2.27. The molecule has 10 heteroatoms. The van der Waals surface area contributed by atoms with Crippen LogP contribution >= 0.6 is 11.8 Å². The molecule has 2 N–H and O–H groups in total. The first-order valence-corrected chi connectivity index (χ1v) is 9.80. The van der Waals surface area contributed by atoms with Gasteiger partial charge in [-0.15, -0.1) is 11.8 Å². The number of thioether (sulfide) groups is 1. The molecule has 150 valence electrons. The van der Waals surface area contributed by atoms with Crippen LogP contribution in [0.25, 0.3) is 0 Å². The number of nitro groups is 1. The number of amides is 3. The van der Waals surface area contributed by atoms with E-state index in [1.807, 2.05) is 24.3 Å². The smallest absolute Gasteiger partial charge is 0.270 e. The van der Waals surface area contributed by atoms with Crippen molar-refractivity contribution in [1.29, 1.82) is 0 Å². The molecule has 9 nitrogen and oxygen atoms in total. The van der Waals surface area contributed by atoms with Gasteiger partial charge in [0.25, 0.3) is 11.6 Å². The Balaban J connectivity index is 1.49. The van der Waals surface area contributed by atoms with Gasteiger partial charge < -0.3 is 4.90 Å². The van der Waals surface area contributed by atoms with Gasteiger partial charge >= 0.3 is 0 Å². The van der Waals surface area contributed by atoms with E-state index in [4.69, 9.17) is 0 Å². The Morgan fingerprint density at radius 2 is 1.86 bits per heavy atom. The highest BCUT2D eigenvalue weighted by molar-refractivity contribution is 7.99. The van der Waals surface area contributed by atoms with Gasteiger partial charge in [0, 0.05) is 47.7 Å². The van der Waals surface area contributed by atoms with Crippen LogP contribution in [0.15, 0.2) is 53.4 Å². The lowest BCUT2D eigenvalue weighted by atomic mass is 10.2. The first-order valence-electron chi connectivity index (χ1n) is 8.81. The molecule has 0 saturated heterocycles. The third kappa shape index (κ3) is 5.11. The highest BCUT2D eigenvalue weighted by Gasteiger charge is 2.23. The number of carbonyl (C=O) groups is 3. The van der Waals surface area contributed by atoms with Crippen LogP contribution in [-0.2, 0) is 9.59 Å². The van der Waals surface area contributed by atoms with Crippen molar-refractivity contribution in [3.8, 4) is 0 Å². The van der Waals surface area contributed by atoms with E-state index in [2.05, 4.69) is 10.9 Å². The molecule has 0 aliphatic carbocycles. The van der Waals surface area contributed by atoms with Crippen LogP contribution in [0, 0.1) is 10.1 Å². The summed E-state index contributed by atoms with van der Waals surface area (Å²) in [6, 6.07) is 12.7. The molecule has 0 aromatic heterocycles. The van der Waals surface area contributed by atoms with Crippen LogP contribution in [0.2, 0.25) is 0 Å². The fourth-order valence-corrected chi connectivity index (χ4v) is 3.80. The summed E-state index contributed by atoms with van der Waals surface area (Å²) in [6.07, 6.45) is -0.0998. The summed E-state index contributed by atoms with van der Waals surface area (Å²) in [5.41, 5.74) is 5.07. The molecule has 0 bridgehead atoms. The average Bonchev–Trinajstić information content (AvgIpc) is 2.75. The number of rotatable bonds is 5. The Morgan fingerprint density at radius 1 is 1.07 bits per heavy atom. The largest absolute Gasteiger partial charge is 0.310 e. The SMILES string of the molecule is O=C(CCC(=O)N1CCSc2ccccc21)NNC(=O)c1cccc([N+](=O)[O-])c1. The molecule has 0 radical (unpaired) electrons. The molecule has 0 fully saturated rings. The van der Waals surface area contributed by atoms with Gasteiger partial charge in [-0.2, -0.15) is 0 Å². The highest BCUT2D eigenvalue weighted by atomic mass is 32.2. The molecule has 1 aliphatic heterocycles. The Morgan fingerprint density at radius 3 is 2.66 bits per heavy atom. The first-order chi connectivity index (χ1) is 14.0. The highest BCUT2D eigenvalue weighted by Crippen LogP contribution is 2.34. The van der Waals surface area contributed by atoms with E-state index in [-0.39, 0.29) is 30.0 Å². The number of carbonyl (C=O) groups excluding carboxylic acids is 3.